The first kappa shape index (κ1) is 40.6. The molecule has 0 spiro atoms. The molecular weight excluding hydrogens is 725 g/mol. The van der Waals surface area contributed by atoms with Gasteiger partial charge in [0.15, 0.2) is 0 Å². The van der Waals surface area contributed by atoms with Crippen LogP contribution in [0.25, 0.3) is 22.2 Å². The fourth-order valence-corrected chi connectivity index (χ4v) is 8.12. The van der Waals surface area contributed by atoms with Gasteiger partial charge in [-0.2, -0.15) is 0 Å². The molecule has 3 heterocycles. The van der Waals surface area contributed by atoms with Crippen molar-refractivity contribution in [2.45, 2.75) is 103 Å². The van der Waals surface area contributed by atoms with Crippen molar-refractivity contribution in [2.24, 2.45) is 5.41 Å². The molecule has 0 radical (unpaired) electrons. The van der Waals surface area contributed by atoms with Crippen molar-refractivity contribution in [3.05, 3.63) is 95.7 Å². The summed E-state index contributed by atoms with van der Waals surface area (Å²) in [5.74, 6) is 0.934. The van der Waals surface area contributed by atoms with Gasteiger partial charge in [0.2, 0.25) is 5.88 Å². The highest BCUT2D eigenvalue weighted by molar-refractivity contribution is 8.00. The van der Waals surface area contributed by atoms with Gasteiger partial charge < -0.3 is 23.5 Å². The van der Waals surface area contributed by atoms with Crippen molar-refractivity contribution in [3.63, 3.8) is 0 Å². The van der Waals surface area contributed by atoms with E-state index in [1.54, 1.807) is 29.8 Å². The van der Waals surface area contributed by atoms with E-state index in [2.05, 4.69) is 78.0 Å². The van der Waals surface area contributed by atoms with Crippen molar-refractivity contribution in [1.82, 2.24) is 14.8 Å². The highest BCUT2D eigenvalue weighted by Crippen LogP contribution is 2.45. The Kier molecular flexibility index (Phi) is 11.8. The molecule has 1 amide bonds. The minimum atomic E-state index is -0.784. The average Bonchev–Trinajstić information content (AvgIpc) is 3.64. The molecular formula is C45H54N4O6S. The molecule has 56 heavy (non-hydrogen) atoms. The maximum atomic E-state index is 13.5. The van der Waals surface area contributed by atoms with Gasteiger partial charge in [-0.05, 0) is 89.4 Å². The molecule has 0 fully saturated rings. The quantitative estimate of drug-likeness (QED) is 0.0904. The molecule has 2 aromatic heterocycles. The first-order valence-electron chi connectivity index (χ1n) is 19.2. The molecule has 1 atom stereocenters. The van der Waals surface area contributed by atoms with E-state index in [-0.39, 0.29) is 29.5 Å². The van der Waals surface area contributed by atoms with Crippen molar-refractivity contribution >= 4 is 40.4 Å². The van der Waals surface area contributed by atoms with Crippen LogP contribution in [0.3, 0.4) is 0 Å². The molecule has 5 aromatic rings. The van der Waals surface area contributed by atoms with Crippen LogP contribution in [-0.4, -0.2) is 63.5 Å². The van der Waals surface area contributed by atoms with Gasteiger partial charge in [0, 0.05) is 50.8 Å². The summed E-state index contributed by atoms with van der Waals surface area (Å²) >= 11 is 1.79. The lowest BCUT2D eigenvalue weighted by atomic mass is 9.87. The van der Waals surface area contributed by atoms with Gasteiger partial charge in [-0.25, -0.2) is 4.79 Å². The second-order valence-electron chi connectivity index (χ2n) is 16.8. The molecule has 296 valence electrons. The summed E-state index contributed by atoms with van der Waals surface area (Å²) in [5.41, 5.74) is 5.42. The second-order valence-corrected chi connectivity index (χ2v) is 18.7. The number of carbonyl (C=O) groups excluding carboxylic acids is 2. The molecule has 6 rings (SSSR count). The normalized spacial score (nSPS) is 14.5. The van der Waals surface area contributed by atoms with Gasteiger partial charge in [0.25, 0.3) is 0 Å². The number of methoxy groups -OCH3 is 1. The lowest BCUT2D eigenvalue weighted by Gasteiger charge is -2.29. The predicted octanol–water partition coefficient (Wildman–Crippen LogP) is 9.92. The molecule has 11 heteroatoms. The van der Waals surface area contributed by atoms with Crippen molar-refractivity contribution in [1.29, 1.82) is 0 Å². The van der Waals surface area contributed by atoms with Crippen LogP contribution in [0.1, 0.15) is 79.1 Å². The zero-order chi connectivity index (χ0) is 40.4. The Bertz CT molecular complexity index is 2180. The highest BCUT2D eigenvalue weighted by atomic mass is 32.2. The summed E-state index contributed by atoms with van der Waals surface area (Å²) in [6.45, 7) is 19.2. The van der Waals surface area contributed by atoms with Crippen LogP contribution in [0.5, 0.6) is 11.6 Å². The van der Waals surface area contributed by atoms with E-state index in [1.165, 1.54) is 0 Å². The Morgan fingerprint density at radius 3 is 2.27 bits per heavy atom. The number of aromatic nitrogens is 3. The number of anilines is 1. The van der Waals surface area contributed by atoms with Gasteiger partial charge in [0.1, 0.15) is 18.0 Å². The number of hydrogen-bond acceptors (Lipinski definition) is 9. The number of ether oxygens (including phenoxy) is 4. The van der Waals surface area contributed by atoms with Crippen LogP contribution in [0, 0.1) is 5.41 Å². The molecule has 10 nitrogen and oxygen atoms in total. The van der Waals surface area contributed by atoms with Crippen molar-refractivity contribution in [3.8, 4) is 22.9 Å². The maximum Gasteiger partial charge on any atom is 0.415 e. The molecule has 1 unspecified atom stereocenters. The summed E-state index contributed by atoms with van der Waals surface area (Å²) in [4.78, 5) is 29.7. The van der Waals surface area contributed by atoms with E-state index in [0.717, 1.165) is 49.6 Å². The number of esters is 1. The molecule has 0 saturated heterocycles. The van der Waals surface area contributed by atoms with Gasteiger partial charge in [-0.3, -0.25) is 9.69 Å². The molecule has 1 aliphatic rings. The average molecular weight is 779 g/mol. The van der Waals surface area contributed by atoms with E-state index in [9.17, 15) is 9.59 Å². The van der Waals surface area contributed by atoms with Gasteiger partial charge in [0.05, 0.1) is 36.6 Å². The smallest absolute Gasteiger partial charge is 0.415 e. The van der Waals surface area contributed by atoms with Gasteiger partial charge >= 0.3 is 12.1 Å². The first-order valence-corrected chi connectivity index (χ1v) is 20.0. The number of rotatable bonds is 12. The fourth-order valence-electron chi connectivity index (χ4n) is 6.93. The van der Waals surface area contributed by atoms with Crippen LogP contribution in [-0.2, 0) is 33.7 Å². The van der Waals surface area contributed by atoms with Crippen LogP contribution in [0.15, 0.2) is 83.8 Å². The van der Waals surface area contributed by atoms with E-state index in [4.69, 9.17) is 18.9 Å². The maximum absolute atomic E-state index is 13.5. The van der Waals surface area contributed by atoms with E-state index in [1.807, 2.05) is 71.9 Å². The molecule has 0 N–H and O–H groups in total. The van der Waals surface area contributed by atoms with Crippen molar-refractivity contribution < 1.29 is 28.5 Å². The third-order valence-electron chi connectivity index (χ3n) is 9.48. The molecule has 1 aliphatic heterocycles. The summed E-state index contributed by atoms with van der Waals surface area (Å²) in [6, 6.07) is 25.9. The largest absolute Gasteiger partial charge is 0.491 e. The lowest BCUT2D eigenvalue weighted by Crippen LogP contribution is -2.44. The molecule has 0 saturated carbocycles. The van der Waals surface area contributed by atoms with Crippen LogP contribution < -0.4 is 14.4 Å². The first-order chi connectivity index (χ1) is 26.5. The molecule has 3 aromatic carbocycles. The van der Waals surface area contributed by atoms with Gasteiger partial charge in [-0.15, -0.1) is 22.0 Å². The van der Waals surface area contributed by atoms with Crippen LogP contribution in [0.4, 0.5) is 10.5 Å². The summed E-state index contributed by atoms with van der Waals surface area (Å²) in [6.07, 6.45) is 0.752. The third kappa shape index (κ3) is 9.32. The summed E-state index contributed by atoms with van der Waals surface area (Å²) in [7, 11) is 1.57. The Hall–Kier alpha value is -5.03. The highest BCUT2D eigenvalue weighted by Gasteiger charge is 2.37. The number of hydrogen-bond donors (Lipinski definition) is 0. The monoisotopic (exact) mass is 778 g/mol. The predicted molar refractivity (Wildman–Crippen MR) is 223 cm³/mol. The summed E-state index contributed by atoms with van der Waals surface area (Å²) in [5, 5.41) is 9.49. The minimum Gasteiger partial charge on any atom is -0.491 e. The zero-order valence-electron chi connectivity index (χ0n) is 34.3. The number of carbonyl (C=O) groups is 2. The Labute approximate surface area is 334 Å². The van der Waals surface area contributed by atoms with Crippen LogP contribution >= 0.6 is 11.8 Å². The van der Waals surface area contributed by atoms with E-state index < -0.39 is 11.0 Å². The number of para-hydroxylation sites is 1. The number of benzene rings is 3. The fraction of sp³-hybridized carbons (Fsp3) is 0.422. The topological polar surface area (TPSA) is 105 Å². The number of nitrogens with zero attached hydrogens (tertiary/aromatic N) is 4. The van der Waals surface area contributed by atoms with Gasteiger partial charge in [-0.1, -0.05) is 63.2 Å². The number of thioether (sulfide) groups is 1. The van der Waals surface area contributed by atoms with Crippen LogP contribution in [0.2, 0.25) is 0 Å². The zero-order valence-corrected chi connectivity index (χ0v) is 35.1. The third-order valence-corrected chi connectivity index (χ3v) is 10.8. The van der Waals surface area contributed by atoms with Crippen molar-refractivity contribution in [2.75, 3.05) is 25.2 Å². The minimum absolute atomic E-state index is 0.136. The molecule has 0 aliphatic carbocycles. The Morgan fingerprint density at radius 1 is 0.893 bits per heavy atom. The molecule has 0 bridgehead atoms. The Morgan fingerprint density at radius 2 is 1.62 bits per heavy atom. The number of amides is 1. The second kappa shape index (κ2) is 16.2. The number of fused-ring (bicyclic) bond motifs is 2. The van der Waals surface area contributed by atoms with E-state index >= 15 is 0 Å². The van der Waals surface area contributed by atoms with E-state index in [0.29, 0.717) is 37.6 Å². The Balaban J connectivity index is 1.37. The summed E-state index contributed by atoms with van der Waals surface area (Å²) < 4.78 is 25.3. The lowest BCUT2D eigenvalue weighted by molar-refractivity contribution is -0.153. The SMILES string of the molecule is CCOC(=O)C(C)(C)Cc1c(SC(C)(C)C)c2cc(OCC3Cc4ccccc4N3C(=O)OC(C)(C)C)ccc2n1Cc1ccc(-c2ccc(OC)nn2)cc1. The standard InChI is InChI=1S/C45H54N4O6S/c1-11-53-41(50)45(8,9)26-38-40(56-44(5,6)7)34-25-33(54-28-32-24-31-14-12-13-15-36(31)49(32)42(51)55-43(2,3)4)20-22-37(34)48(38)27-29-16-18-30(19-17-29)35-21-23-39(52-10)47-46-35/h12-23,25,32H,11,24,26-28H2,1-10H3.